The molecular weight excluding hydrogens is 454 g/mol. The Morgan fingerprint density at radius 3 is 2.68 bits per heavy atom. The molecule has 0 bridgehead atoms. The van der Waals surface area contributed by atoms with E-state index >= 15 is 0 Å². The highest BCUT2D eigenvalue weighted by atomic mass is 35.5. The van der Waals surface area contributed by atoms with E-state index in [9.17, 15) is 9.59 Å². The molecule has 10 heteroatoms. The zero-order valence-corrected chi connectivity index (χ0v) is 19.1. The highest BCUT2D eigenvalue weighted by Gasteiger charge is 2.21. The van der Waals surface area contributed by atoms with Crippen LogP contribution in [-0.2, 0) is 18.3 Å². The van der Waals surface area contributed by atoms with Crippen molar-refractivity contribution in [3.63, 3.8) is 0 Å². The largest absolute Gasteiger partial charge is 0.325 e. The smallest absolute Gasteiger partial charge is 0.256 e. The van der Waals surface area contributed by atoms with E-state index < -0.39 is 0 Å². The molecule has 3 heterocycles. The van der Waals surface area contributed by atoms with E-state index in [1.165, 1.54) is 0 Å². The van der Waals surface area contributed by atoms with Crippen molar-refractivity contribution < 1.29 is 9.59 Å². The fourth-order valence-corrected chi connectivity index (χ4v) is 3.95. The summed E-state index contributed by atoms with van der Waals surface area (Å²) in [5.74, 6) is 0.610. The predicted molar refractivity (Wildman–Crippen MR) is 130 cm³/mol. The van der Waals surface area contributed by atoms with Gasteiger partial charge in [-0.1, -0.05) is 11.6 Å². The summed E-state index contributed by atoms with van der Waals surface area (Å²) in [7, 11) is 1.77. The molecule has 0 unspecified atom stereocenters. The second-order valence-corrected chi connectivity index (χ2v) is 8.37. The highest BCUT2D eigenvalue weighted by molar-refractivity contribution is 6.31. The number of aryl methyl sites for hydroxylation is 2. The number of nitrogens with one attached hydrogen (secondary N) is 3. The zero-order chi connectivity index (χ0) is 23.8. The number of carbonyl (C=O) groups excluding carboxylic acids is 2. The first kappa shape index (κ1) is 21.6. The minimum atomic E-state index is -0.233. The minimum Gasteiger partial charge on any atom is -0.325 e. The lowest BCUT2D eigenvalue weighted by Crippen LogP contribution is -2.14. The lowest BCUT2D eigenvalue weighted by Gasteiger charge is -2.11. The van der Waals surface area contributed by atoms with Crippen molar-refractivity contribution in [3.8, 4) is 11.3 Å². The van der Waals surface area contributed by atoms with Crippen molar-refractivity contribution in [2.75, 3.05) is 16.0 Å². The summed E-state index contributed by atoms with van der Waals surface area (Å²) in [5.41, 5.74) is 4.80. The van der Waals surface area contributed by atoms with Gasteiger partial charge in [-0.25, -0.2) is 9.97 Å². The van der Waals surface area contributed by atoms with E-state index in [1.54, 1.807) is 60.4 Å². The number of carbonyl (C=O) groups is 2. The maximum absolute atomic E-state index is 12.6. The monoisotopic (exact) mass is 473 g/mol. The van der Waals surface area contributed by atoms with E-state index in [2.05, 4.69) is 31.0 Å². The molecule has 0 spiro atoms. The van der Waals surface area contributed by atoms with Crippen LogP contribution in [0.2, 0.25) is 5.02 Å². The van der Waals surface area contributed by atoms with Gasteiger partial charge in [0.1, 0.15) is 5.82 Å². The van der Waals surface area contributed by atoms with Crippen molar-refractivity contribution in [1.82, 2.24) is 19.7 Å². The quantitative estimate of drug-likeness (QED) is 0.406. The van der Waals surface area contributed by atoms with Gasteiger partial charge in [0, 0.05) is 46.7 Å². The Morgan fingerprint density at radius 2 is 1.94 bits per heavy atom. The van der Waals surface area contributed by atoms with Gasteiger partial charge in [-0.05, 0) is 49.4 Å². The van der Waals surface area contributed by atoms with Gasteiger partial charge in [0.15, 0.2) is 0 Å². The van der Waals surface area contributed by atoms with E-state index in [0.717, 1.165) is 16.8 Å². The number of nitrogens with zero attached hydrogens (tertiary/aromatic N) is 4. The van der Waals surface area contributed by atoms with Crippen LogP contribution in [0.4, 0.5) is 23.1 Å². The molecule has 0 fully saturated rings. The van der Waals surface area contributed by atoms with Crippen LogP contribution >= 0.6 is 11.6 Å². The summed E-state index contributed by atoms with van der Waals surface area (Å²) in [6.45, 7) is 1.86. The summed E-state index contributed by atoms with van der Waals surface area (Å²) in [5, 5.41) is 13.6. The fraction of sp³-hybridized carbons (Fsp3) is 0.125. The normalized spacial score (nSPS) is 12.3. The van der Waals surface area contributed by atoms with Gasteiger partial charge >= 0.3 is 0 Å². The van der Waals surface area contributed by atoms with Crippen molar-refractivity contribution >= 4 is 46.6 Å². The average molecular weight is 474 g/mol. The molecule has 9 nitrogen and oxygen atoms in total. The van der Waals surface area contributed by atoms with Crippen molar-refractivity contribution in [2.24, 2.45) is 7.05 Å². The molecule has 0 aliphatic carbocycles. The van der Waals surface area contributed by atoms with Gasteiger partial charge in [0.2, 0.25) is 11.9 Å². The third kappa shape index (κ3) is 4.33. The first-order valence-electron chi connectivity index (χ1n) is 10.5. The Hall–Kier alpha value is -4.24. The van der Waals surface area contributed by atoms with Crippen LogP contribution in [0.25, 0.3) is 11.3 Å². The number of halogens is 1. The van der Waals surface area contributed by atoms with Gasteiger partial charge < -0.3 is 16.0 Å². The third-order valence-corrected chi connectivity index (χ3v) is 5.61. The molecule has 2 aromatic heterocycles. The number of hydrogen-bond donors (Lipinski definition) is 3. The minimum absolute atomic E-state index is 0.151. The summed E-state index contributed by atoms with van der Waals surface area (Å²) >= 11 is 6.10. The Kier molecular flexibility index (Phi) is 5.46. The molecule has 0 atom stereocenters. The van der Waals surface area contributed by atoms with Crippen LogP contribution in [0.1, 0.15) is 21.6 Å². The molecule has 1 aliphatic heterocycles. The topological polar surface area (TPSA) is 114 Å². The van der Waals surface area contributed by atoms with Crippen molar-refractivity contribution in [1.29, 1.82) is 0 Å². The molecule has 34 heavy (non-hydrogen) atoms. The summed E-state index contributed by atoms with van der Waals surface area (Å²) < 4.78 is 1.62. The number of rotatable bonds is 4. The Morgan fingerprint density at radius 1 is 1.15 bits per heavy atom. The Balaban J connectivity index is 1.36. The van der Waals surface area contributed by atoms with Gasteiger partial charge in [-0.3, -0.25) is 14.3 Å². The molecule has 0 saturated carbocycles. The molecular formula is C24H20ClN7O2. The molecule has 0 radical (unpaired) electrons. The molecule has 2 amide bonds. The maximum atomic E-state index is 12.6. The molecule has 1 aliphatic rings. The molecule has 0 saturated heterocycles. The van der Waals surface area contributed by atoms with Gasteiger partial charge in [-0.2, -0.15) is 5.10 Å². The number of anilines is 4. The number of hydrogen-bond acceptors (Lipinski definition) is 6. The van der Waals surface area contributed by atoms with E-state index in [1.807, 2.05) is 13.0 Å². The summed E-state index contributed by atoms with van der Waals surface area (Å²) in [6, 6.07) is 14.1. The van der Waals surface area contributed by atoms with Crippen LogP contribution in [0, 0.1) is 6.92 Å². The zero-order valence-electron chi connectivity index (χ0n) is 18.4. The number of benzene rings is 2. The Labute approximate surface area is 200 Å². The molecule has 4 aromatic rings. The van der Waals surface area contributed by atoms with Crippen LogP contribution in [0.15, 0.2) is 54.7 Å². The molecule has 5 rings (SSSR count). The van der Waals surface area contributed by atoms with E-state index in [4.69, 9.17) is 11.6 Å². The predicted octanol–water partition coefficient (Wildman–Crippen LogP) is 4.33. The second-order valence-electron chi connectivity index (χ2n) is 7.93. The number of aromatic nitrogens is 4. The SMILES string of the molecule is Cc1cc(NC(=O)c2ccc(Nc3ncc4c(n3)-c3ccc(Cl)cc3NC(=O)C4)cc2)n(C)n1. The van der Waals surface area contributed by atoms with Crippen molar-refractivity contribution in [3.05, 3.63) is 76.6 Å². The third-order valence-electron chi connectivity index (χ3n) is 5.37. The van der Waals surface area contributed by atoms with Crippen LogP contribution in [-0.4, -0.2) is 31.6 Å². The standard InChI is InChI=1S/C24H20ClN7O2/c1-13-9-20(32(2)31-13)29-23(34)14-3-6-17(7-4-14)27-24-26-12-15-10-21(33)28-19-11-16(25)5-8-18(19)22(15)30-24/h3-9,11-12H,10H2,1-2H3,(H,28,33)(H,29,34)(H,26,27,30). The molecule has 3 N–H and O–H groups in total. The van der Waals surface area contributed by atoms with Gasteiger partial charge in [0.05, 0.1) is 23.5 Å². The van der Waals surface area contributed by atoms with E-state index in [0.29, 0.717) is 39.4 Å². The summed E-state index contributed by atoms with van der Waals surface area (Å²) in [6.07, 6.45) is 1.81. The lowest BCUT2D eigenvalue weighted by atomic mass is 10.1. The van der Waals surface area contributed by atoms with Crippen molar-refractivity contribution in [2.45, 2.75) is 13.3 Å². The molecule has 170 valence electrons. The number of amides is 2. The van der Waals surface area contributed by atoms with Gasteiger partial charge in [-0.15, -0.1) is 0 Å². The molecule has 2 aromatic carbocycles. The average Bonchev–Trinajstić information content (AvgIpc) is 3.04. The first-order valence-corrected chi connectivity index (χ1v) is 10.9. The van der Waals surface area contributed by atoms with Crippen LogP contribution < -0.4 is 16.0 Å². The first-order chi connectivity index (χ1) is 16.4. The summed E-state index contributed by atoms with van der Waals surface area (Å²) in [4.78, 5) is 33.8. The lowest BCUT2D eigenvalue weighted by molar-refractivity contribution is -0.115. The second kappa shape index (κ2) is 8.60. The maximum Gasteiger partial charge on any atom is 0.256 e. The van der Waals surface area contributed by atoms with Gasteiger partial charge in [0.25, 0.3) is 5.91 Å². The van der Waals surface area contributed by atoms with Crippen LogP contribution in [0.3, 0.4) is 0 Å². The highest BCUT2D eigenvalue weighted by Crippen LogP contribution is 2.34. The van der Waals surface area contributed by atoms with Crippen LogP contribution in [0.5, 0.6) is 0 Å². The Bertz CT molecular complexity index is 1430. The fourth-order valence-electron chi connectivity index (χ4n) is 3.77. The van der Waals surface area contributed by atoms with E-state index in [-0.39, 0.29) is 18.2 Å². The number of fused-ring (bicyclic) bond motifs is 3.